The van der Waals surface area contributed by atoms with E-state index in [1.165, 1.54) is 10.4 Å². The largest absolute Gasteiger partial charge is 0.497 e. The minimum absolute atomic E-state index is 0.174. The summed E-state index contributed by atoms with van der Waals surface area (Å²) in [6.07, 6.45) is 3.98. The first-order valence-corrected chi connectivity index (χ1v) is 10.2. The Bertz CT molecular complexity index is 1020. The fraction of sp³-hybridized carbons (Fsp3) is 0.333. The molecule has 2 aromatic carbocycles. The molecule has 1 heterocycles. The van der Waals surface area contributed by atoms with E-state index in [0.717, 1.165) is 29.5 Å². The number of aryl methyl sites for hydroxylation is 2. The van der Waals surface area contributed by atoms with Crippen LogP contribution in [-0.4, -0.2) is 40.1 Å². The van der Waals surface area contributed by atoms with Crippen molar-refractivity contribution in [1.29, 1.82) is 0 Å². The number of fused-ring (bicyclic) bond motifs is 1. The molecule has 0 aliphatic heterocycles. The van der Waals surface area contributed by atoms with E-state index in [2.05, 4.69) is 29.8 Å². The smallest absolute Gasteiger partial charge is 0.323 e. The zero-order valence-corrected chi connectivity index (χ0v) is 17.5. The van der Waals surface area contributed by atoms with Crippen LogP contribution in [-0.2, 0) is 29.1 Å². The van der Waals surface area contributed by atoms with Gasteiger partial charge in [0.1, 0.15) is 12.3 Å². The van der Waals surface area contributed by atoms with E-state index in [9.17, 15) is 14.7 Å². The molecule has 0 saturated heterocycles. The summed E-state index contributed by atoms with van der Waals surface area (Å²) in [6.45, 7) is 2.98. The zero-order valence-electron chi connectivity index (χ0n) is 17.5. The number of aliphatic carboxylic acids is 1. The summed E-state index contributed by atoms with van der Waals surface area (Å²) in [7, 11) is 1.58. The number of hydrogen-bond acceptors (Lipinski definition) is 3. The number of benzene rings is 2. The topological polar surface area (TPSA) is 71.8 Å². The van der Waals surface area contributed by atoms with E-state index in [1.807, 2.05) is 36.4 Å². The van der Waals surface area contributed by atoms with Crippen LogP contribution in [0.5, 0.6) is 5.75 Å². The maximum absolute atomic E-state index is 12.9. The zero-order chi connectivity index (χ0) is 21.5. The van der Waals surface area contributed by atoms with Gasteiger partial charge in [0.25, 0.3) is 0 Å². The first-order valence-electron chi connectivity index (χ1n) is 10.2. The van der Waals surface area contributed by atoms with E-state index < -0.39 is 5.97 Å². The van der Waals surface area contributed by atoms with Crippen LogP contribution >= 0.6 is 0 Å². The summed E-state index contributed by atoms with van der Waals surface area (Å²) >= 11 is 0. The van der Waals surface area contributed by atoms with Crippen molar-refractivity contribution in [2.75, 3.05) is 13.7 Å². The van der Waals surface area contributed by atoms with Crippen LogP contribution in [0.3, 0.4) is 0 Å². The van der Waals surface area contributed by atoms with Crippen molar-refractivity contribution in [3.8, 4) is 5.75 Å². The molecule has 6 nitrogen and oxygen atoms in total. The Hall–Kier alpha value is -3.28. The van der Waals surface area contributed by atoms with Crippen LogP contribution in [0.25, 0.3) is 10.9 Å². The number of methoxy groups -OCH3 is 1. The highest BCUT2D eigenvalue weighted by molar-refractivity contribution is 5.85. The van der Waals surface area contributed by atoms with E-state index in [0.29, 0.717) is 12.2 Å². The van der Waals surface area contributed by atoms with Gasteiger partial charge in [0.15, 0.2) is 0 Å². The number of amides is 1. The predicted octanol–water partition coefficient (Wildman–Crippen LogP) is 4.11. The Morgan fingerprint density at radius 3 is 2.67 bits per heavy atom. The molecule has 0 unspecified atom stereocenters. The highest BCUT2D eigenvalue weighted by Gasteiger charge is 2.18. The first kappa shape index (κ1) is 21.4. The molecule has 3 aromatic rings. The van der Waals surface area contributed by atoms with Gasteiger partial charge in [-0.2, -0.15) is 0 Å². The summed E-state index contributed by atoms with van der Waals surface area (Å²) in [5, 5.41) is 10.4. The SMILES string of the molecule is CCCn1cc(CCC(=O)N(CC(=O)O)Cc2cccc(OC)c2)c2ccccc21. The molecular formula is C24H28N2O4. The molecule has 1 amide bonds. The Labute approximate surface area is 176 Å². The first-order chi connectivity index (χ1) is 14.5. The van der Waals surface area contributed by atoms with E-state index in [1.54, 1.807) is 7.11 Å². The molecule has 3 rings (SSSR count). The van der Waals surface area contributed by atoms with Crippen molar-refractivity contribution in [1.82, 2.24) is 9.47 Å². The molecule has 30 heavy (non-hydrogen) atoms. The normalized spacial score (nSPS) is 10.9. The van der Waals surface area contributed by atoms with Gasteiger partial charge >= 0.3 is 5.97 Å². The Kier molecular flexibility index (Phi) is 7.12. The number of carbonyl (C=O) groups excluding carboxylic acids is 1. The van der Waals surface area contributed by atoms with Crippen molar-refractivity contribution in [2.24, 2.45) is 0 Å². The molecule has 0 saturated carbocycles. The molecule has 6 heteroatoms. The van der Waals surface area contributed by atoms with Crippen LogP contribution in [0, 0.1) is 0 Å². The van der Waals surface area contributed by atoms with Gasteiger partial charge in [-0.25, -0.2) is 0 Å². The summed E-state index contributed by atoms with van der Waals surface area (Å²) < 4.78 is 7.45. The van der Waals surface area contributed by atoms with Crippen LogP contribution in [0.15, 0.2) is 54.7 Å². The molecule has 1 aromatic heterocycles. The van der Waals surface area contributed by atoms with Crippen molar-refractivity contribution in [3.63, 3.8) is 0 Å². The lowest BCUT2D eigenvalue weighted by atomic mass is 10.1. The Balaban J connectivity index is 1.74. The summed E-state index contributed by atoms with van der Waals surface area (Å²) in [6, 6.07) is 15.5. The molecular weight excluding hydrogens is 380 g/mol. The van der Waals surface area contributed by atoms with E-state index in [4.69, 9.17) is 4.74 Å². The fourth-order valence-corrected chi connectivity index (χ4v) is 3.73. The Morgan fingerprint density at radius 1 is 1.13 bits per heavy atom. The number of carboxylic acid groups (broad SMARTS) is 1. The molecule has 0 spiro atoms. The average molecular weight is 408 g/mol. The molecule has 0 aliphatic rings. The number of carboxylic acids is 1. The maximum Gasteiger partial charge on any atom is 0.323 e. The highest BCUT2D eigenvalue weighted by Crippen LogP contribution is 2.23. The summed E-state index contributed by atoms with van der Waals surface area (Å²) in [4.78, 5) is 25.6. The predicted molar refractivity (Wildman–Crippen MR) is 117 cm³/mol. The van der Waals surface area contributed by atoms with Gasteiger partial charge in [-0.3, -0.25) is 9.59 Å². The van der Waals surface area contributed by atoms with Crippen molar-refractivity contribution in [3.05, 3.63) is 65.9 Å². The number of para-hydroxylation sites is 1. The lowest BCUT2D eigenvalue weighted by molar-refractivity contribution is -0.144. The molecule has 1 N–H and O–H groups in total. The lowest BCUT2D eigenvalue weighted by Gasteiger charge is -2.21. The fourth-order valence-electron chi connectivity index (χ4n) is 3.73. The average Bonchev–Trinajstić information content (AvgIpc) is 3.09. The summed E-state index contributed by atoms with van der Waals surface area (Å²) in [5.74, 6) is -0.516. The highest BCUT2D eigenvalue weighted by atomic mass is 16.5. The van der Waals surface area contributed by atoms with Crippen molar-refractivity contribution >= 4 is 22.8 Å². The maximum atomic E-state index is 12.9. The quantitative estimate of drug-likeness (QED) is 0.548. The number of aromatic nitrogens is 1. The standard InChI is InChI=1S/C24H28N2O4/c1-3-13-25-16-19(21-9-4-5-10-22(21)25)11-12-23(27)26(17-24(28)29)15-18-7-6-8-20(14-18)30-2/h4-10,14,16H,3,11-13,15,17H2,1-2H3,(H,28,29). The number of carbonyl (C=O) groups is 2. The van der Waals surface area contributed by atoms with E-state index in [-0.39, 0.29) is 25.4 Å². The van der Waals surface area contributed by atoms with Gasteiger partial charge in [0, 0.05) is 36.6 Å². The third-order valence-corrected chi connectivity index (χ3v) is 5.13. The van der Waals surface area contributed by atoms with Crippen LogP contribution < -0.4 is 4.74 Å². The molecule has 0 radical (unpaired) electrons. The van der Waals surface area contributed by atoms with E-state index >= 15 is 0 Å². The van der Waals surface area contributed by atoms with Crippen LogP contribution in [0.1, 0.15) is 30.9 Å². The number of rotatable bonds is 10. The third kappa shape index (κ3) is 5.20. The molecule has 0 atom stereocenters. The molecule has 0 fully saturated rings. The number of hydrogen-bond donors (Lipinski definition) is 1. The van der Waals surface area contributed by atoms with Gasteiger partial charge in [-0.05, 0) is 42.2 Å². The van der Waals surface area contributed by atoms with Gasteiger partial charge in [-0.1, -0.05) is 37.3 Å². The van der Waals surface area contributed by atoms with Crippen molar-refractivity contribution in [2.45, 2.75) is 39.3 Å². The third-order valence-electron chi connectivity index (χ3n) is 5.13. The Morgan fingerprint density at radius 2 is 1.93 bits per heavy atom. The number of nitrogens with zero attached hydrogens (tertiary/aromatic N) is 2. The lowest BCUT2D eigenvalue weighted by Crippen LogP contribution is -2.35. The van der Waals surface area contributed by atoms with Gasteiger partial charge in [0.05, 0.1) is 7.11 Å². The monoisotopic (exact) mass is 408 g/mol. The molecule has 0 aliphatic carbocycles. The van der Waals surface area contributed by atoms with Crippen LogP contribution in [0.2, 0.25) is 0 Å². The van der Waals surface area contributed by atoms with Gasteiger partial charge in [-0.15, -0.1) is 0 Å². The minimum Gasteiger partial charge on any atom is -0.497 e. The minimum atomic E-state index is -1.02. The second-order valence-electron chi connectivity index (χ2n) is 7.36. The molecule has 158 valence electrons. The van der Waals surface area contributed by atoms with Gasteiger partial charge in [0.2, 0.25) is 5.91 Å². The van der Waals surface area contributed by atoms with Crippen LogP contribution in [0.4, 0.5) is 0 Å². The molecule has 0 bridgehead atoms. The van der Waals surface area contributed by atoms with Crippen molar-refractivity contribution < 1.29 is 19.4 Å². The summed E-state index contributed by atoms with van der Waals surface area (Å²) in [5.41, 5.74) is 3.12. The number of ether oxygens (including phenoxy) is 1. The van der Waals surface area contributed by atoms with Gasteiger partial charge < -0.3 is 19.3 Å². The second-order valence-corrected chi connectivity index (χ2v) is 7.36. The second kappa shape index (κ2) is 9.96.